The Morgan fingerprint density at radius 1 is 1.15 bits per heavy atom. The summed E-state index contributed by atoms with van der Waals surface area (Å²) in [6.07, 6.45) is 5.47. The lowest BCUT2D eigenvalue weighted by Gasteiger charge is -2.22. The summed E-state index contributed by atoms with van der Waals surface area (Å²) in [5.74, 6) is -1.17. The molecule has 0 N–H and O–H groups in total. The van der Waals surface area contributed by atoms with Crippen molar-refractivity contribution in [1.29, 1.82) is 21.0 Å². The second-order valence-corrected chi connectivity index (χ2v) is 5.42. The molecule has 0 unspecified atom stereocenters. The molecular formula is C15H12N4O. The zero-order chi connectivity index (χ0) is 14.8. The maximum Gasteiger partial charge on any atom is 0.179 e. The normalized spacial score (nSPS) is 26.6. The Hall–Kier alpha value is -2.63. The summed E-state index contributed by atoms with van der Waals surface area (Å²) in [7, 11) is 0. The fourth-order valence-electron chi connectivity index (χ4n) is 3.14. The van der Waals surface area contributed by atoms with Crippen molar-refractivity contribution < 1.29 is 4.79 Å². The Bertz CT molecular complexity index is 594. The molecule has 1 fully saturated rings. The van der Waals surface area contributed by atoms with Crippen LogP contribution in [-0.4, -0.2) is 5.78 Å². The molecule has 20 heavy (non-hydrogen) atoms. The first-order chi connectivity index (χ1) is 9.60. The van der Waals surface area contributed by atoms with E-state index in [0.29, 0.717) is 5.92 Å². The van der Waals surface area contributed by atoms with E-state index in [2.05, 4.69) is 6.08 Å². The number of Topliss-reactive ketones (excluding diaryl/α,β-unsaturated/α-hetero) is 1. The molecular weight excluding hydrogens is 252 g/mol. The first-order valence-corrected chi connectivity index (χ1v) is 6.43. The van der Waals surface area contributed by atoms with Gasteiger partial charge in [-0.15, -0.1) is 0 Å². The molecule has 1 saturated carbocycles. The Balaban J connectivity index is 2.19. The van der Waals surface area contributed by atoms with E-state index in [1.807, 2.05) is 6.08 Å². The number of ketones is 1. The van der Waals surface area contributed by atoms with Gasteiger partial charge in [0.25, 0.3) is 0 Å². The number of nitrogens with zero attached hydrogens (tertiary/aromatic N) is 4. The van der Waals surface area contributed by atoms with E-state index in [0.717, 1.165) is 12.8 Å². The molecule has 2 aliphatic rings. The van der Waals surface area contributed by atoms with Crippen molar-refractivity contribution in [3.63, 3.8) is 0 Å². The third-order valence-electron chi connectivity index (χ3n) is 4.30. The van der Waals surface area contributed by atoms with Gasteiger partial charge < -0.3 is 0 Å². The topological polar surface area (TPSA) is 112 Å². The Morgan fingerprint density at radius 3 is 2.20 bits per heavy atom. The number of nitriles is 4. The zero-order valence-electron chi connectivity index (χ0n) is 10.8. The summed E-state index contributed by atoms with van der Waals surface area (Å²) < 4.78 is 0. The zero-order valence-corrected chi connectivity index (χ0v) is 10.8. The largest absolute Gasteiger partial charge is 0.299 e. The van der Waals surface area contributed by atoms with E-state index in [4.69, 9.17) is 10.5 Å². The maximum absolute atomic E-state index is 12.3. The first-order valence-electron chi connectivity index (χ1n) is 6.43. The predicted molar refractivity (Wildman–Crippen MR) is 66.8 cm³/mol. The van der Waals surface area contributed by atoms with Crippen molar-refractivity contribution in [2.24, 2.45) is 29.1 Å². The quantitative estimate of drug-likeness (QED) is 0.719. The molecule has 2 aliphatic carbocycles. The Morgan fingerprint density at radius 2 is 1.80 bits per heavy atom. The number of carbonyl (C=O) groups excluding carboxylic acids is 1. The van der Waals surface area contributed by atoms with Gasteiger partial charge in [0.15, 0.2) is 11.3 Å². The smallest absolute Gasteiger partial charge is 0.179 e. The van der Waals surface area contributed by atoms with Crippen molar-refractivity contribution in [3.05, 3.63) is 12.2 Å². The molecule has 3 atom stereocenters. The fraction of sp³-hybridized carbons (Fsp3) is 0.533. The fourth-order valence-corrected chi connectivity index (χ4v) is 3.14. The molecule has 0 saturated heterocycles. The summed E-state index contributed by atoms with van der Waals surface area (Å²) in [4.78, 5) is 12.3. The number of carbonyl (C=O) groups is 1. The molecule has 0 aromatic carbocycles. The van der Waals surface area contributed by atoms with Gasteiger partial charge in [-0.3, -0.25) is 4.79 Å². The molecule has 5 heteroatoms. The number of allylic oxidation sites excluding steroid dienone is 2. The average molecular weight is 264 g/mol. The van der Waals surface area contributed by atoms with Crippen LogP contribution in [-0.2, 0) is 4.79 Å². The van der Waals surface area contributed by atoms with Crippen LogP contribution < -0.4 is 0 Å². The molecule has 0 aromatic heterocycles. The Labute approximate surface area is 117 Å². The van der Waals surface area contributed by atoms with E-state index >= 15 is 0 Å². The first kappa shape index (κ1) is 13.8. The van der Waals surface area contributed by atoms with Crippen LogP contribution in [0.2, 0.25) is 0 Å². The molecule has 2 bridgehead atoms. The van der Waals surface area contributed by atoms with Crippen LogP contribution in [0.4, 0.5) is 0 Å². The van der Waals surface area contributed by atoms with Crippen molar-refractivity contribution in [2.75, 3.05) is 0 Å². The highest BCUT2D eigenvalue weighted by molar-refractivity contribution is 5.84. The van der Waals surface area contributed by atoms with Crippen molar-refractivity contribution in [2.45, 2.75) is 19.3 Å². The lowest BCUT2D eigenvalue weighted by Crippen LogP contribution is -2.32. The summed E-state index contributed by atoms with van der Waals surface area (Å²) in [5, 5.41) is 36.2. The van der Waals surface area contributed by atoms with E-state index in [1.54, 1.807) is 24.3 Å². The lowest BCUT2D eigenvalue weighted by atomic mass is 9.72. The third-order valence-corrected chi connectivity index (χ3v) is 4.30. The van der Waals surface area contributed by atoms with Gasteiger partial charge in [-0.2, -0.15) is 21.0 Å². The van der Waals surface area contributed by atoms with Gasteiger partial charge >= 0.3 is 0 Å². The van der Waals surface area contributed by atoms with Crippen LogP contribution in [0, 0.1) is 74.4 Å². The van der Waals surface area contributed by atoms with Gasteiger partial charge in [-0.05, 0) is 24.7 Å². The standard InChI is InChI=1S/C15H12N4O/c16-6-12(7-17)15(8-18,9-19)5-14(20)13-4-10-1-2-11(13)3-10/h1-2,10-13H,3-5H2/t10-,11-,13+/m0/s1. The molecule has 5 nitrogen and oxygen atoms in total. The Kier molecular flexibility index (Phi) is 3.56. The minimum atomic E-state index is -1.86. The monoisotopic (exact) mass is 264 g/mol. The van der Waals surface area contributed by atoms with E-state index in [-0.39, 0.29) is 24.0 Å². The molecule has 98 valence electrons. The molecule has 0 heterocycles. The van der Waals surface area contributed by atoms with Crippen molar-refractivity contribution in [3.8, 4) is 24.3 Å². The van der Waals surface area contributed by atoms with Crippen LogP contribution in [0.15, 0.2) is 12.2 Å². The number of hydrogen-bond acceptors (Lipinski definition) is 5. The van der Waals surface area contributed by atoms with E-state index < -0.39 is 11.3 Å². The summed E-state index contributed by atoms with van der Waals surface area (Å²) >= 11 is 0. The number of hydrogen-bond donors (Lipinski definition) is 0. The van der Waals surface area contributed by atoms with Gasteiger partial charge in [0.1, 0.15) is 5.78 Å². The van der Waals surface area contributed by atoms with Crippen LogP contribution in [0.5, 0.6) is 0 Å². The second-order valence-electron chi connectivity index (χ2n) is 5.42. The second kappa shape index (κ2) is 5.16. The van der Waals surface area contributed by atoms with Gasteiger partial charge in [-0.1, -0.05) is 12.2 Å². The predicted octanol–water partition coefficient (Wildman–Crippen LogP) is 1.85. The third kappa shape index (κ3) is 2.05. The van der Waals surface area contributed by atoms with Crippen molar-refractivity contribution in [1.82, 2.24) is 0 Å². The highest BCUT2D eigenvalue weighted by Gasteiger charge is 2.47. The molecule has 0 aromatic rings. The van der Waals surface area contributed by atoms with Gasteiger partial charge in [-0.25, -0.2) is 0 Å². The molecule has 0 aliphatic heterocycles. The van der Waals surface area contributed by atoms with Crippen LogP contribution >= 0.6 is 0 Å². The highest BCUT2D eigenvalue weighted by Crippen LogP contribution is 2.45. The van der Waals surface area contributed by atoms with E-state index in [1.165, 1.54) is 0 Å². The highest BCUT2D eigenvalue weighted by atomic mass is 16.1. The molecule has 0 spiro atoms. The van der Waals surface area contributed by atoms with E-state index in [9.17, 15) is 15.3 Å². The minimum absolute atomic E-state index is 0.177. The summed E-state index contributed by atoms with van der Waals surface area (Å²) in [5.41, 5.74) is -1.86. The molecule has 0 amide bonds. The molecule has 0 radical (unpaired) electrons. The van der Waals surface area contributed by atoms with Crippen LogP contribution in [0.3, 0.4) is 0 Å². The van der Waals surface area contributed by atoms with Gasteiger partial charge in [0.2, 0.25) is 0 Å². The average Bonchev–Trinajstić information content (AvgIpc) is 3.09. The van der Waals surface area contributed by atoms with Gasteiger partial charge in [0.05, 0.1) is 24.3 Å². The summed E-state index contributed by atoms with van der Waals surface area (Å²) in [6.45, 7) is 0. The van der Waals surface area contributed by atoms with Crippen LogP contribution in [0.25, 0.3) is 0 Å². The van der Waals surface area contributed by atoms with Crippen molar-refractivity contribution >= 4 is 5.78 Å². The summed E-state index contributed by atoms with van der Waals surface area (Å²) in [6, 6.07) is 6.75. The number of rotatable bonds is 4. The minimum Gasteiger partial charge on any atom is -0.299 e. The molecule has 2 rings (SSSR count). The van der Waals surface area contributed by atoms with Crippen LogP contribution in [0.1, 0.15) is 19.3 Å². The van der Waals surface area contributed by atoms with Gasteiger partial charge in [0, 0.05) is 12.3 Å². The number of fused-ring (bicyclic) bond motifs is 2. The lowest BCUT2D eigenvalue weighted by molar-refractivity contribution is -0.124. The maximum atomic E-state index is 12.3. The SMILES string of the molecule is N#CC(C#N)C(C#N)(C#N)CC(=O)[C@@H]1C[C@H]2C=C[C@H]1C2.